The number of nitrogens with two attached hydrogens (primary N) is 4. The van der Waals surface area contributed by atoms with Gasteiger partial charge in [0.05, 0.1) is 12.5 Å². The number of amides is 4. The second kappa shape index (κ2) is 16.0. The molecule has 15 nitrogen and oxygen atoms in total. The predicted molar refractivity (Wildman–Crippen MR) is 157 cm³/mol. The van der Waals surface area contributed by atoms with Gasteiger partial charge in [0.1, 0.15) is 18.1 Å². The molecular formula is C27H41N9O6. The number of nitrogens with one attached hydrogen (secondary N) is 4. The number of aromatic nitrogens is 1. The molecule has 0 aliphatic carbocycles. The van der Waals surface area contributed by atoms with Crippen molar-refractivity contribution in [2.45, 2.75) is 70.1 Å². The number of para-hydroxylation sites is 1. The van der Waals surface area contributed by atoms with E-state index in [4.69, 9.17) is 22.9 Å². The van der Waals surface area contributed by atoms with Crippen LogP contribution in [0.2, 0.25) is 0 Å². The van der Waals surface area contributed by atoms with Crippen LogP contribution in [0.3, 0.4) is 0 Å². The zero-order valence-electron chi connectivity index (χ0n) is 23.8. The number of aliphatic carboxylic acids is 1. The van der Waals surface area contributed by atoms with Crippen LogP contribution >= 0.6 is 0 Å². The molecule has 0 aliphatic rings. The van der Waals surface area contributed by atoms with E-state index in [0.717, 1.165) is 10.9 Å². The van der Waals surface area contributed by atoms with Crippen LogP contribution in [0, 0.1) is 5.92 Å². The average Bonchev–Trinajstić information content (AvgIpc) is 3.31. The van der Waals surface area contributed by atoms with E-state index in [1.165, 1.54) is 0 Å². The summed E-state index contributed by atoms with van der Waals surface area (Å²) in [6, 6.07) is 2.55. The summed E-state index contributed by atoms with van der Waals surface area (Å²) in [5.74, 6) is -4.39. The highest BCUT2D eigenvalue weighted by atomic mass is 16.4. The molecule has 13 N–H and O–H groups in total. The number of primary amides is 1. The minimum Gasteiger partial charge on any atom is -0.480 e. The lowest BCUT2D eigenvalue weighted by Gasteiger charge is -2.26. The lowest BCUT2D eigenvalue weighted by atomic mass is 10.00. The molecule has 0 aliphatic heterocycles. The Bertz CT molecular complexity index is 1290. The van der Waals surface area contributed by atoms with Gasteiger partial charge in [-0.05, 0) is 36.8 Å². The van der Waals surface area contributed by atoms with Gasteiger partial charge in [-0.1, -0.05) is 32.0 Å². The van der Waals surface area contributed by atoms with Crippen LogP contribution in [0.5, 0.6) is 0 Å². The largest absolute Gasteiger partial charge is 0.480 e. The second-order valence-corrected chi connectivity index (χ2v) is 10.4. The Morgan fingerprint density at radius 1 is 0.929 bits per heavy atom. The maximum Gasteiger partial charge on any atom is 0.326 e. The second-order valence-electron chi connectivity index (χ2n) is 10.4. The van der Waals surface area contributed by atoms with E-state index in [9.17, 15) is 29.1 Å². The SMILES string of the molecule is CC(C)CC(NC(=O)C(Cc1c[nH]c2ccccc12)NC(=O)C(N)CC(N)=O)C(=O)NC(CCCN=C(N)N)C(=O)O. The third-order valence-corrected chi connectivity index (χ3v) is 6.39. The number of H-pyrrole nitrogens is 1. The van der Waals surface area contributed by atoms with E-state index in [1.54, 1.807) is 6.20 Å². The van der Waals surface area contributed by atoms with Crippen molar-refractivity contribution in [3.63, 3.8) is 0 Å². The van der Waals surface area contributed by atoms with Crippen molar-refractivity contribution >= 4 is 46.5 Å². The quantitative estimate of drug-likeness (QED) is 0.0594. The van der Waals surface area contributed by atoms with E-state index in [-0.39, 0.29) is 37.7 Å². The zero-order valence-corrected chi connectivity index (χ0v) is 23.8. The molecule has 1 heterocycles. The third-order valence-electron chi connectivity index (χ3n) is 6.39. The number of aliphatic imine (C=N–C) groups is 1. The first-order valence-corrected chi connectivity index (χ1v) is 13.6. The predicted octanol–water partition coefficient (Wildman–Crippen LogP) is -1.45. The summed E-state index contributed by atoms with van der Waals surface area (Å²) in [5, 5.41) is 18.2. The molecule has 0 saturated heterocycles. The number of carboxylic acids is 1. The van der Waals surface area contributed by atoms with Crippen molar-refractivity contribution < 1.29 is 29.1 Å². The number of carboxylic acid groups (broad SMARTS) is 1. The van der Waals surface area contributed by atoms with Crippen molar-refractivity contribution in [3.05, 3.63) is 36.0 Å². The molecule has 4 unspecified atom stereocenters. The fourth-order valence-electron chi connectivity index (χ4n) is 4.33. The van der Waals surface area contributed by atoms with Gasteiger partial charge in [0, 0.05) is 30.1 Å². The summed E-state index contributed by atoms with van der Waals surface area (Å²) < 4.78 is 0. The molecule has 0 spiro atoms. The number of fused-ring (bicyclic) bond motifs is 1. The molecule has 0 bridgehead atoms. The van der Waals surface area contributed by atoms with Gasteiger partial charge in [0.2, 0.25) is 23.6 Å². The molecule has 42 heavy (non-hydrogen) atoms. The highest BCUT2D eigenvalue weighted by Crippen LogP contribution is 2.19. The van der Waals surface area contributed by atoms with Crippen LogP contribution in [-0.4, -0.2) is 76.4 Å². The first kappa shape index (κ1) is 33.5. The number of hydrogen-bond acceptors (Lipinski definition) is 7. The van der Waals surface area contributed by atoms with Crippen molar-refractivity contribution in [2.24, 2.45) is 33.8 Å². The number of hydrogen-bond donors (Lipinski definition) is 9. The van der Waals surface area contributed by atoms with Crippen LogP contribution in [-0.2, 0) is 30.4 Å². The van der Waals surface area contributed by atoms with E-state index in [0.29, 0.717) is 12.0 Å². The number of aromatic amines is 1. The Kier molecular flexibility index (Phi) is 12.7. The molecule has 1 aromatic heterocycles. The van der Waals surface area contributed by atoms with Crippen molar-refractivity contribution in [1.82, 2.24) is 20.9 Å². The highest BCUT2D eigenvalue weighted by molar-refractivity contribution is 5.95. The number of nitrogens with zero attached hydrogens (tertiary/aromatic N) is 1. The number of guanidine groups is 1. The van der Waals surface area contributed by atoms with Gasteiger partial charge in [-0.3, -0.25) is 24.2 Å². The highest BCUT2D eigenvalue weighted by Gasteiger charge is 2.31. The molecular weight excluding hydrogens is 546 g/mol. The van der Waals surface area contributed by atoms with Crippen LogP contribution < -0.4 is 38.9 Å². The first-order chi connectivity index (χ1) is 19.8. The maximum absolute atomic E-state index is 13.6. The topological polar surface area (TPSA) is 274 Å². The minimum absolute atomic E-state index is 0.0312. The number of rotatable bonds is 17. The summed E-state index contributed by atoms with van der Waals surface area (Å²) in [6.45, 7) is 3.86. The van der Waals surface area contributed by atoms with Gasteiger partial charge >= 0.3 is 5.97 Å². The Hall–Kier alpha value is -4.66. The molecule has 4 atom stereocenters. The van der Waals surface area contributed by atoms with E-state index < -0.39 is 60.2 Å². The van der Waals surface area contributed by atoms with Gasteiger partial charge in [0.25, 0.3) is 0 Å². The van der Waals surface area contributed by atoms with Crippen LogP contribution in [0.15, 0.2) is 35.5 Å². The maximum atomic E-state index is 13.6. The summed E-state index contributed by atoms with van der Waals surface area (Å²) in [4.78, 5) is 69.6. The Balaban J connectivity index is 2.26. The molecule has 2 aromatic rings. The van der Waals surface area contributed by atoms with Gasteiger partial charge in [-0.25, -0.2) is 4.79 Å². The lowest BCUT2D eigenvalue weighted by molar-refractivity contribution is -0.142. The molecule has 4 amide bonds. The Morgan fingerprint density at radius 2 is 1.55 bits per heavy atom. The van der Waals surface area contributed by atoms with Gasteiger partial charge in [-0.15, -0.1) is 0 Å². The molecule has 0 fully saturated rings. The molecule has 230 valence electrons. The lowest BCUT2D eigenvalue weighted by Crippen LogP contribution is -2.58. The minimum atomic E-state index is -1.29. The third kappa shape index (κ3) is 10.7. The van der Waals surface area contributed by atoms with Crippen molar-refractivity contribution in [3.8, 4) is 0 Å². The number of carbonyl (C=O) groups excluding carboxylic acids is 4. The van der Waals surface area contributed by atoms with E-state index in [1.807, 2.05) is 38.1 Å². The summed E-state index contributed by atoms with van der Waals surface area (Å²) >= 11 is 0. The normalized spacial score (nSPS) is 13.9. The average molecular weight is 588 g/mol. The van der Waals surface area contributed by atoms with Gasteiger partial charge in [-0.2, -0.15) is 0 Å². The van der Waals surface area contributed by atoms with Crippen LogP contribution in [0.1, 0.15) is 45.1 Å². The fraction of sp³-hybridized carbons (Fsp3) is 0.481. The smallest absolute Gasteiger partial charge is 0.326 e. The summed E-state index contributed by atoms with van der Waals surface area (Å²) in [5.41, 5.74) is 23.1. The standard InChI is InChI=1S/C27H41N9O6/c1-14(2)10-20(24(39)34-19(26(41)42)8-5-9-32-27(30)31)36-25(40)21(35-23(38)17(28)12-22(29)37)11-15-13-33-18-7-4-3-6-16(15)18/h3-4,6-7,13-14,17,19-21,33H,5,8-12,28H2,1-2H3,(H2,29,37)(H,34,39)(H,35,38)(H,36,40)(H,41,42)(H4,30,31,32). The zero-order chi connectivity index (χ0) is 31.4. The molecule has 15 heteroatoms. The Labute approximate surface area is 243 Å². The number of benzene rings is 1. The number of carbonyl (C=O) groups is 5. The molecule has 1 aromatic carbocycles. The molecule has 0 radical (unpaired) electrons. The van der Waals surface area contributed by atoms with Crippen LogP contribution in [0.25, 0.3) is 10.9 Å². The van der Waals surface area contributed by atoms with Crippen LogP contribution in [0.4, 0.5) is 0 Å². The monoisotopic (exact) mass is 587 g/mol. The van der Waals surface area contributed by atoms with Gasteiger partial charge in [0.15, 0.2) is 5.96 Å². The van der Waals surface area contributed by atoms with Gasteiger partial charge < -0.3 is 49.0 Å². The summed E-state index contributed by atoms with van der Waals surface area (Å²) in [6.07, 6.45) is 1.85. The fourth-order valence-corrected chi connectivity index (χ4v) is 4.33. The molecule has 0 saturated carbocycles. The van der Waals surface area contributed by atoms with Crippen molar-refractivity contribution in [2.75, 3.05) is 6.54 Å². The first-order valence-electron chi connectivity index (χ1n) is 13.6. The van der Waals surface area contributed by atoms with E-state index in [2.05, 4.69) is 25.9 Å². The Morgan fingerprint density at radius 3 is 2.17 bits per heavy atom. The van der Waals surface area contributed by atoms with E-state index >= 15 is 0 Å². The van der Waals surface area contributed by atoms with Crippen molar-refractivity contribution in [1.29, 1.82) is 0 Å². The summed E-state index contributed by atoms with van der Waals surface area (Å²) in [7, 11) is 0. The molecule has 2 rings (SSSR count).